The Bertz CT molecular complexity index is 1300. The highest BCUT2D eigenvalue weighted by Gasteiger charge is 2.39. The van der Waals surface area contributed by atoms with E-state index in [1.165, 1.54) is 12.1 Å². The number of nitrogens with two attached hydrogens (primary N) is 1. The number of rotatable bonds is 1. The van der Waals surface area contributed by atoms with Crippen molar-refractivity contribution in [2.75, 3.05) is 5.32 Å². The number of nitrogens with zero attached hydrogens (tertiary/aromatic N) is 3. The summed E-state index contributed by atoms with van der Waals surface area (Å²) in [5, 5.41) is 6.14. The van der Waals surface area contributed by atoms with E-state index >= 15 is 4.39 Å². The number of carbonyl (C=O) groups excluding carboxylic acids is 1. The van der Waals surface area contributed by atoms with E-state index < -0.39 is 29.6 Å². The number of nitroso groups, excluding NO2 is 1. The summed E-state index contributed by atoms with van der Waals surface area (Å²) >= 11 is 0. The van der Waals surface area contributed by atoms with Crippen LogP contribution in [0.25, 0.3) is 11.3 Å². The lowest BCUT2D eigenvalue weighted by atomic mass is 9.70. The average molecular weight is 463 g/mol. The van der Waals surface area contributed by atoms with Crippen molar-refractivity contribution in [3.8, 4) is 11.3 Å². The molecule has 1 aliphatic carbocycles. The summed E-state index contributed by atoms with van der Waals surface area (Å²) in [5.41, 5.74) is 8.55. The van der Waals surface area contributed by atoms with Crippen molar-refractivity contribution in [3.63, 3.8) is 0 Å². The summed E-state index contributed by atoms with van der Waals surface area (Å²) in [6.07, 6.45) is 4.48. The fourth-order valence-electron chi connectivity index (χ4n) is 5.36. The van der Waals surface area contributed by atoms with E-state index in [1.807, 2.05) is 6.07 Å². The molecule has 1 aliphatic heterocycles. The lowest BCUT2D eigenvalue weighted by Crippen LogP contribution is -2.45. The number of fused-ring (bicyclic) bond motifs is 8. The highest BCUT2D eigenvalue weighted by molar-refractivity contribution is 6.03. The Kier molecular flexibility index (Phi) is 5.65. The van der Waals surface area contributed by atoms with Crippen molar-refractivity contribution < 1.29 is 13.6 Å². The molecule has 4 bridgehead atoms. The van der Waals surface area contributed by atoms with E-state index in [2.05, 4.69) is 20.5 Å². The zero-order valence-corrected chi connectivity index (χ0v) is 18.5. The Balaban J connectivity index is 1.75. The molecule has 1 amide bonds. The first-order chi connectivity index (χ1) is 16.4. The largest absolute Gasteiger partial charge is 0.326 e. The van der Waals surface area contributed by atoms with Crippen LogP contribution in [-0.2, 0) is 6.42 Å². The second-order valence-electron chi connectivity index (χ2n) is 9.12. The third-order valence-electron chi connectivity index (χ3n) is 6.84. The molecule has 0 saturated heterocycles. The van der Waals surface area contributed by atoms with Crippen LogP contribution in [0, 0.1) is 29.4 Å². The van der Waals surface area contributed by atoms with Gasteiger partial charge < -0.3 is 11.1 Å². The van der Waals surface area contributed by atoms with Gasteiger partial charge in [-0.25, -0.2) is 13.8 Å². The molecule has 0 spiro atoms. The van der Waals surface area contributed by atoms with Crippen LogP contribution in [0.1, 0.15) is 45.9 Å². The van der Waals surface area contributed by atoms with Gasteiger partial charge in [0.25, 0.3) is 5.91 Å². The van der Waals surface area contributed by atoms with Crippen molar-refractivity contribution in [3.05, 3.63) is 81.7 Å². The summed E-state index contributed by atoms with van der Waals surface area (Å²) in [4.78, 5) is 33.2. The van der Waals surface area contributed by atoms with Crippen molar-refractivity contribution in [1.29, 1.82) is 0 Å². The SMILES string of the molecule is Cc1cc(F)c2c(c1)C[C@H]1CC(C[C@@H](N)C1N=O)c1ccncc1NC(=O)c1ccc(F)c-2n1. The molecule has 34 heavy (non-hydrogen) atoms. The number of pyridine rings is 2. The third kappa shape index (κ3) is 3.86. The van der Waals surface area contributed by atoms with Crippen molar-refractivity contribution in [2.24, 2.45) is 16.8 Å². The highest BCUT2D eigenvalue weighted by atomic mass is 19.1. The standard InChI is InChI=1S/C25H23F2N5O2/c1-12-6-14-9-15-8-13(10-19(28)23(15)32-34)16-4-5-29-11-21(16)31-25(33)20-3-2-17(26)24(30-20)22(14)18(27)7-12/h2-7,11,13,15,19,23H,8-10,28H2,1H3,(H,31,33)/t13?,15-,19-,23?/m1/s1. The van der Waals surface area contributed by atoms with E-state index in [0.29, 0.717) is 29.7 Å². The minimum absolute atomic E-state index is 0.0171. The molecule has 3 N–H and O–H groups in total. The maximum Gasteiger partial charge on any atom is 0.274 e. The van der Waals surface area contributed by atoms with Crippen LogP contribution in [-0.4, -0.2) is 28.0 Å². The number of hydrogen-bond donors (Lipinski definition) is 2. The van der Waals surface area contributed by atoms with Gasteiger partial charge in [-0.1, -0.05) is 11.2 Å². The second kappa shape index (κ2) is 8.64. The van der Waals surface area contributed by atoms with E-state index in [9.17, 15) is 14.1 Å². The van der Waals surface area contributed by atoms with Crippen molar-refractivity contribution in [1.82, 2.24) is 9.97 Å². The molecule has 1 aromatic carbocycles. The lowest BCUT2D eigenvalue weighted by Gasteiger charge is -2.37. The van der Waals surface area contributed by atoms with Crippen molar-refractivity contribution in [2.45, 2.75) is 44.2 Å². The van der Waals surface area contributed by atoms with Crippen LogP contribution in [0.4, 0.5) is 14.5 Å². The fraction of sp³-hybridized carbons (Fsp3) is 0.320. The first kappa shape index (κ1) is 22.2. The van der Waals surface area contributed by atoms with Gasteiger partial charge in [0.1, 0.15) is 29.1 Å². The molecule has 3 heterocycles. The van der Waals surface area contributed by atoms with Crippen LogP contribution in [0.5, 0.6) is 0 Å². The van der Waals surface area contributed by atoms with Gasteiger partial charge in [-0.3, -0.25) is 9.78 Å². The normalized spacial score (nSPS) is 23.9. The number of benzene rings is 1. The number of halogens is 2. The number of anilines is 1. The molecule has 1 saturated carbocycles. The lowest BCUT2D eigenvalue weighted by molar-refractivity contribution is 0.102. The Labute approximate surface area is 194 Å². The first-order valence-electron chi connectivity index (χ1n) is 11.1. The quantitative estimate of drug-likeness (QED) is 0.517. The molecular weight excluding hydrogens is 440 g/mol. The minimum Gasteiger partial charge on any atom is -0.326 e. The van der Waals surface area contributed by atoms with Gasteiger partial charge in [0, 0.05) is 17.8 Å². The van der Waals surface area contributed by atoms with Crippen LogP contribution < -0.4 is 11.1 Å². The molecule has 2 aromatic heterocycles. The molecule has 2 aliphatic rings. The Morgan fingerprint density at radius 1 is 1.15 bits per heavy atom. The molecule has 5 rings (SSSR count). The highest BCUT2D eigenvalue weighted by Crippen LogP contribution is 2.42. The monoisotopic (exact) mass is 463 g/mol. The van der Waals surface area contributed by atoms with E-state index in [0.717, 1.165) is 11.6 Å². The predicted molar refractivity (Wildman–Crippen MR) is 123 cm³/mol. The Morgan fingerprint density at radius 3 is 2.76 bits per heavy atom. The van der Waals surface area contributed by atoms with Gasteiger partial charge in [0.2, 0.25) is 0 Å². The maximum atomic E-state index is 15.3. The molecule has 3 aromatic rings. The van der Waals surface area contributed by atoms with Gasteiger partial charge in [-0.2, -0.15) is 4.91 Å². The molecule has 0 radical (unpaired) electrons. The van der Waals surface area contributed by atoms with Gasteiger partial charge in [0.05, 0.1) is 11.9 Å². The first-order valence-corrected chi connectivity index (χ1v) is 11.1. The zero-order valence-electron chi connectivity index (χ0n) is 18.5. The minimum atomic E-state index is -0.749. The van der Waals surface area contributed by atoms with Crippen LogP contribution in [0.15, 0.2) is 47.9 Å². The molecular formula is C25H23F2N5O2. The van der Waals surface area contributed by atoms with E-state index in [4.69, 9.17) is 5.73 Å². The third-order valence-corrected chi connectivity index (χ3v) is 6.84. The van der Waals surface area contributed by atoms with Gasteiger partial charge in [-0.05, 0) is 79.0 Å². The molecule has 174 valence electrons. The predicted octanol–water partition coefficient (Wildman–Crippen LogP) is 4.49. The summed E-state index contributed by atoms with van der Waals surface area (Å²) < 4.78 is 30.2. The van der Waals surface area contributed by atoms with Crippen LogP contribution >= 0.6 is 0 Å². The zero-order chi connectivity index (χ0) is 24.0. The molecule has 1 fully saturated rings. The summed E-state index contributed by atoms with van der Waals surface area (Å²) in [7, 11) is 0. The van der Waals surface area contributed by atoms with Crippen LogP contribution in [0.3, 0.4) is 0 Å². The molecule has 9 heteroatoms. The van der Waals surface area contributed by atoms with E-state index in [-0.39, 0.29) is 35.2 Å². The number of nitrogens with one attached hydrogen (secondary N) is 1. The molecule has 2 unspecified atom stereocenters. The number of aromatic nitrogens is 2. The number of hydrogen-bond acceptors (Lipinski definition) is 6. The second-order valence-corrected chi connectivity index (χ2v) is 9.12. The summed E-state index contributed by atoms with van der Waals surface area (Å²) in [5.74, 6) is -2.35. The summed E-state index contributed by atoms with van der Waals surface area (Å²) in [6.45, 7) is 1.74. The van der Waals surface area contributed by atoms with Crippen molar-refractivity contribution >= 4 is 11.6 Å². The van der Waals surface area contributed by atoms with E-state index in [1.54, 1.807) is 25.4 Å². The van der Waals surface area contributed by atoms with Gasteiger partial charge in [-0.15, -0.1) is 0 Å². The smallest absolute Gasteiger partial charge is 0.274 e. The number of carbonyl (C=O) groups is 1. The maximum absolute atomic E-state index is 15.3. The van der Waals surface area contributed by atoms with Crippen LogP contribution in [0.2, 0.25) is 0 Å². The fourth-order valence-corrected chi connectivity index (χ4v) is 5.36. The molecule has 4 atom stereocenters. The van der Waals surface area contributed by atoms with Gasteiger partial charge in [0.15, 0.2) is 0 Å². The number of aryl methyl sites for hydroxylation is 1. The molecule has 7 nitrogen and oxygen atoms in total. The Hall–Kier alpha value is -3.59. The topological polar surface area (TPSA) is 110 Å². The summed E-state index contributed by atoms with van der Waals surface area (Å²) in [6, 6.07) is 6.06. The van der Waals surface area contributed by atoms with Gasteiger partial charge >= 0.3 is 0 Å². The average Bonchev–Trinajstić information content (AvgIpc) is 2.79. The number of amides is 1. The Morgan fingerprint density at radius 2 is 1.97 bits per heavy atom.